The van der Waals surface area contributed by atoms with Crippen molar-refractivity contribution in [2.24, 2.45) is 0 Å². The molecule has 2 aromatic rings. The Balaban J connectivity index is 1.89. The Hall–Kier alpha value is -3.13. The number of nitrogens with zero attached hydrogens (tertiary/aromatic N) is 1. The monoisotopic (exact) mass is 392 g/mol. The summed E-state index contributed by atoms with van der Waals surface area (Å²) in [6.07, 6.45) is 1.07. The first-order valence-corrected chi connectivity index (χ1v) is 8.19. The Morgan fingerprint density at radius 2 is 2.07 bits per heavy atom. The van der Waals surface area contributed by atoms with Gasteiger partial charge in [-0.05, 0) is 37.3 Å². The van der Waals surface area contributed by atoms with E-state index in [0.29, 0.717) is 23.3 Å². The molecule has 1 aromatic carbocycles. The first-order valence-electron chi connectivity index (χ1n) is 7.81. The van der Waals surface area contributed by atoms with Crippen molar-refractivity contribution in [3.8, 4) is 11.5 Å². The van der Waals surface area contributed by atoms with Gasteiger partial charge in [0.1, 0.15) is 6.29 Å². The predicted molar refractivity (Wildman–Crippen MR) is 97.3 cm³/mol. The normalized spacial score (nSPS) is 11.2. The molecule has 0 unspecified atom stereocenters. The Kier molecular flexibility index (Phi) is 7.13. The molecule has 1 N–H and O–H groups in total. The third-order valence-corrected chi connectivity index (χ3v) is 3.66. The number of nitrogens with one attached hydrogen (secondary N) is 1. The Morgan fingerprint density at radius 3 is 2.74 bits per heavy atom. The van der Waals surface area contributed by atoms with Crippen LogP contribution in [0, 0.1) is 0 Å². The Labute approximate surface area is 160 Å². The fraction of sp³-hybridized carbons (Fsp3) is 0.222. The van der Waals surface area contributed by atoms with Crippen LogP contribution >= 0.6 is 11.6 Å². The summed E-state index contributed by atoms with van der Waals surface area (Å²) >= 11 is 5.86. The van der Waals surface area contributed by atoms with Crippen molar-refractivity contribution in [3.63, 3.8) is 0 Å². The number of amides is 1. The van der Waals surface area contributed by atoms with Gasteiger partial charge in [0.15, 0.2) is 29.4 Å². The van der Waals surface area contributed by atoms with E-state index in [1.807, 2.05) is 0 Å². The number of ether oxygens (including phenoxy) is 3. The van der Waals surface area contributed by atoms with Crippen LogP contribution < -0.4 is 14.8 Å². The molecule has 142 valence electrons. The number of hydrogen-bond donors (Lipinski definition) is 1. The predicted octanol–water partition coefficient (Wildman–Crippen LogP) is 2.51. The quantitative estimate of drug-likeness (QED) is 0.418. The summed E-state index contributed by atoms with van der Waals surface area (Å²) < 4.78 is 15.5. The first kappa shape index (κ1) is 20.2. The summed E-state index contributed by atoms with van der Waals surface area (Å²) in [5, 5.41) is 2.64. The highest BCUT2D eigenvalue weighted by molar-refractivity contribution is 6.32. The van der Waals surface area contributed by atoms with Gasteiger partial charge in [0.2, 0.25) is 0 Å². The summed E-state index contributed by atoms with van der Waals surface area (Å²) in [7, 11) is 1.41. The lowest BCUT2D eigenvalue weighted by atomic mass is 10.2. The van der Waals surface area contributed by atoms with E-state index < -0.39 is 24.6 Å². The highest BCUT2D eigenvalue weighted by Gasteiger charge is 2.19. The van der Waals surface area contributed by atoms with E-state index in [9.17, 15) is 14.4 Å². The summed E-state index contributed by atoms with van der Waals surface area (Å²) in [6, 6.07) is 7.66. The number of anilines is 1. The maximum Gasteiger partial charge on any atom is 0.344 e. The summed E-state index contributed by atoms with van der Waals surface area (Å²) in [6.45, 7) is 0.971. The summed E-state index contributed by atoms with van der Waals surface area (Å²) in [5.74, 6) is -0.758. The van der Waals surface area contributed by atoms with Crippen molar-refractivity contribution >= 4 is 35.5 Å². The van der Waals surface area contributed by atoms with Crippen LogP contribution in [0.15, 0.2) is 36.5 Å². The minimum atomic E-state index is -1.07. The number of rotatable bonds is 8. The second-order valence-corrected chi connectivity index (χ2v) is 5.64. The molecular weight excluding hydrogens is 376 g/mol. The molecule has 0 saturated heterocycles. The fourth-order valence-electron chi connectivity index (χ4n) is 2.01. The van der Waals surface area contributed by atoms with Crippen molar-refractivity contribution in [1.29, 1.82) is 0 Å². The van der Waals surface area contributed by atoms with E-state index in [2.05, 4.69) is 10.3 Å². The van der Waals surface area contributed by atoms with Gasteiger partial charge in [-0.25, -0.2) is 9.78 Å². The van der Waals surface area contributed by atoms with E-state index in [1.165, 1.54) is 38.4 Å². The number of aldehydes is 1. The first-order chi connectivity index (χ1) is 12.9. The van der Waals surface area contributed by atoms with Crippen LogP contribution in [0.1, 0.15) is 17.3 Å². The van der Waals surface area contributed by atoms with E-state index >= 15 is 0 Å². The SMILES string of the molecule is COc1cc(C=O)ccc1OCC(=O)O[C@H](C)C(=O)Nc1cccnc1Cl. The molecule has 0 fully saturated rings. The van der Waals surface area contributed by atoms with Gasteiger partial charge < -0.3 is 19.5 Å². The zero-order valence-corrected chi connectivity index (χ0v) is 15.4. The summed E-state index contributed by atoms with van der Waals surface area (Å²) in [5.41, 5.74) is 0.712. The second-order valence-electron chi connectivity index (χ2n) is 5.28. The molecule has 2 rings (SSSR count). The highest BCUT2D eigenvalue weighted by atomic mass is 35.5. The van der Waals surface area contributed by atoms with Gasteiger partial charge in [0.05, 0.1) is 12.8 Å². The molecule has 1 amide bonds. The molecule has 0 aliphatic carbocycles. The van der Waals surface area contributed by atoms with Crippen LogP contribution in [0.5, 0.6) is 11.5 Å². The number of carbonyl (C=O) groups is 3. The molecule has 1 aromatic heterocycles. The number of pyridine rings is 1. The van der Waals surface area contributed by atoms with E-state index in [0.717, 1.165) is 0 Å². The topological polar surface area (TPSA) is 104 Å². The van der Waals surface area contributed by atoms with Gasteiger partial charge in [-0.2, -0.15) is 0 Å². The van der Waals surface area contributed by atoms with E-state index in [4.69, 9.17) is 25.8 Å². The third kappa shape index (κ3) is 5.68. The summed E-state index contributed by atoms with van der Waals surface area (Å²) in [4.78, 5) is 38.6. The number of hydrogen-bond acceptors (Lipinski definition) is 7. The second kappa shape index (κ2) is 9.54. The maximum atomic E-state index is 12.1. The average Bonchev–Trinajstić information content (AvgIpc) is 2.67. The number of carbonyl (C=O) groups excluding carboxylic acids is 3. The van der Waals surface area contributed by atoms with Crippen LogP contribution in [0.3, 0.4) is 0 Å². The molecule has 0 aliphatic heterocycles. The van der Waals surface area contributed by atoms with E-state index in [-0.39, 0.29) is 10.9 Å². The molecule has 27 heavy (non-hydrogen) atoms. The molecule has 0 aliphatic rings. The van der Waals surface area contributed by atoms with Crippen molar-refractivity contribution in [2.75, 3.05) is 19.0 Å². The van der Waals surface area contributed by atoms with Crippen LogP contribution in [-0.2, 0) is 14.3 Å². The minimum Gasteiger partial charge on any atom is -0.493 e. The maximum absolute atomic E-state index is 12.1. The number of methoxy groups -OCH3 is 1. The van der Waals surface area contributed by atoms with Crippen molar-refractivity contribution in [3.05, 3.63) is 47.2 Å². The average molecular weight is 393 g/mol. The number of aromatic nitrogens is 1. The van der Waals surface area contributed by atoms with Crippen LogP contribution in [0.4, 0.5) is 5.69 Å². The zero-order valence-electron chi connectivity index (χ0n) is 14.6. The van der Waals surface area contributed by atoms with Crippen molar-refractivity contribution in [1.82, 2.24) is 4.98 Å². The van der Waals surface area contributed by atoms with Gasteiger partial charge in [0.25, 0.3) is 5.91 Å². The lowest BCUT2D eigenvalue weighted by molar-refractivity contribution is -0.155. The molecular formula is C18H17ClN2O6. The highest BCUT2D eigenvalue weighted by Crippen LogP contribution is 2.27. The smallest absolute Gasteiger partial charge is 0.344 e. The van der Waals surface area contributed by atoms with Gasteiger partial charge in [-0.1, -0.05) is 11.6 Å². The zero-order chi connectivity index (χ0) is 19.8. The molecule has 0 bridgehead atoms. The van der Waals surface area contributed by atoms with Crippen molar-refractivity contribution in [2.45, 2.75) is 13.0 Å². The molecule has 9 heteroatoms. The number of esters is 1. The van der Waals surface area contributed by atoms with E-state index in [1.54, 1.807) is 12.1 Å². The standard InChI is InChI=1S/C18H17ClN2O6/c1-11(18(24)21-13-4-3-7-20-17(13)19)27-16(23)10-26-14-6-5-12(9-22)8-15(14)25-2/h3-9,11H,10H2,1-2H3,(H,21,24)/t11-/m1/s1. The van der Waals surface area contributed by atoms with Gasteiger partial charge in [0, 0.05) is 11.8 Å². The van der Waals surface area contributed by atoms with Crippen LogP contribution in [0.25, 0.3) is 0 Å². The largest absolute Gasteiger partial charge is 0.493 e. The van der Waals surface area contributed by atoms with Crippen molar-refractivity contribution < 1.29 is 28.6 Å². The van der Waals surface area contributed by atoms with Crippen LogP contribution in [0.2, 0.25) is 5.15 Å². The molecule has 0 spiro atoms. The molecule has 0 radical (unpaired) electrons. The minimum absolute atomic E-state index is 0.124. The molecule has 1 heterocycles. The number of benzene rings is 1. The lowest BCUT2D eigenvalue weighted by Gasteiger charge is -2.15. The lowest BCUT2D eigenvalue weighted by Crippen LogP contribution is -2.31. The fourth-order valence-corrected chi connectivity index (χ4v) is 2.18. The Bertz CT molecular complexity index is 842. The molecule has 1 atom stereocenters. The van der Waals surface area contributed by atoms with Crippen LogP contribution in [-0.4, -0.2) is 43.0 Å². The third-order valence-electron chi connectivity index (χ3n) is 3.36. The van der Waals surface area contributed by atoms with Gasteiger partial charge >= 0.3 is 5.97 Å². The molecule has 8 nitrogen and oxygen atoms in total. The number of halogens is 1. The Morgan fingerprint density at radius 1 is 1.30 bits per heavy atom. The van der Waals surface area contributed by atoms with Gasteiger partial charge in [-0.3, -0.25) is 9.59 Å². The molecule has 0 saturated carbocycles. The van der Waals surface area contributed by atoms with Gasteiger partial charge in [-0.15, -0.1) is 0 Å².